The lowest BCUT2D eigenvalue weighted by Crippen LogP contribution is -2.35. The Kier molecular flexibility index (Phi) is 6.14. The van der Waals surface area contributed by atoms with Crippen molar-refractivity contribution in [1.29, 1.82) is 0 Å². The molecule has 2 N–H and O–H groups in total. The summed E-state index contributed by atoms with van der Waals surface area (Å²) in [5.74, 6) is 0. The van der Waals surface area contributed by atoms with E-state index in [-0.39, 0.29) is 0 Å². The van der Waals surface area contributed by atoms with Crippen LogP contribution in [0.2, 0.25) is 0 Å². The zero-order valence-corrected chi connectivity index (χ0v) is 15.4. The number of nitrogens with one attached hydrogen (secondary N) is 2. The molecular formula is C20H24N4S. The first-order valence-electron chi connectivity index (χ1n) is 8.64. The van der Waals surface area contributed by atoms with Gasteiger partial charge >= 0.3 is 0 Å². The number of thiocarbonyl (C=S) groups is 1. The number of hydrazone groups is 1. The molecule has 1 aliphatic heterocycles. The molecule has 5 heteroatoms. The van der Waals surface area contributed by atoms with Gasteiger partial charge in [0.05, 0.1) is 0 Å². The Morgan fingerprint density at radius 1 is 1.04 bits per heavy atom. The molecule has 0 radical (unpaired) electrons. The lowest BCUT2D eigenvalue weighted by Gasteiger charge is -2.27. The number of aryl methyl sites for hydroxylation is 1. The summed E-state index contributed by atoms with van der Waals surface area (Å²) in [6.45, 7) is 5.15. The maximum atomic E-state index is 5.31. The van der Waals surface area contributed by atoms with E-state index in [1.807, 2.05) is 12.1 Å². The molecule has 1 fully saturated rings. The molecule has 2 aromatic carbocycles. The topological polar surface area (TPSA) is 39.7 Å². The van der Waals surface area contributed by atoms with Crippen LogP contribution in [0.5, 0.6) is 0 Å². The second kappa shape index (κ2) is 8.74. The van der Waals surface area contributed by atoms with Crippen LogP contribution in [0.1, 0.15) is 24.0 Å². The molecule has 2 aromatic rings. The van der Waals surface area contributed by atoms with Crippen molar-refractivity contribution >= 4 is 28.7 Å². The second-order valence-electron chi connectivity index (χ2n) is 6.37. The number of rotatable bonds is 4. The highest BCUT2D eigenvalue weighted by atomic mass is 32.1. The summed E-state index contributed by atoms with van der Waals surface area (Å²) in [6, 6.07) is 18.7. The van der Waals surface area contributed by atoms with Crippen molar-refractivity contribution < 1.29 is 0 Å². The van der Waals surface area contributed by atoms with Crippen molar-refractivity contribution in [3.63, 3.8) is 0 Å². The predicted octanol–water partition coefficient (Wildman–Crippen LogP) is 3.93. The summed E-state index contributed by atoms with van der Waals surface area (Å²) in [4.78, 5) is 2.47. The molecule has 1 saturated heterocycles. The molecule has 130 valence electrons. The number of piperidine rings is 1. The molecule has 0 aliphatic carbocycles. The van der Waals surface area contributed by atoms with Gasteiger partial charge in [0, 0.05) is 43.9 Å². The molecule has 0 bridgehead atoms. The highest BCUT2D eigenvalue weighted by Crippen LogP contribution is 2.12. The van der Waals surface area contributed by atoms with E-state index in [1.54, 1.807) is 0 Å². The van der Waals surface area contributed by atoms with Crippen molar-refractivity contribution in [1.82, 2.24) is 10.3 Å². The number of hydrogen-bond acceptors (Lipinski definition) is 3. The summed E-state index contributed by atoms with van der Waals surface area (Å²) >= 11 is 5.31. The first kappa shape index (κ1) is 17.6. The van der Waals surface area contributed by atoms with Crippen LogP contribution in [0.15, 0.2) is 59.7 Å². The van der Waals surface area contributed by atoms with Crippen LogP contribution >= 0.6 is 12.2 Å². The van der Waals surface area contributed by atoms with Crippen LogP contribution < -0.4 is 10.7 Å². The molecule has 0 unspecified atom stereocenters. The second-order valence-corrected chi connectivity index (χ2v) is 6.78. The first-order valence-corrected chi connectivity index (χ1v) is 9.05. The average molecular weight is 353 g/mol. The van der Waals surface area contributed by atoms with Crippen LogP contribution in [-0.4, -0.2) is 28.8 Å². The van der Waals surface area contributed by atoms with Gasteiger partial charge in [-0.15, -0.1) is 0 Å². The summed E-state index contributed by atoms with van der Waals surface area (Å²) < 4.78 is 0. The molecule has 0 saturated carbocycles. The Bertz CT molecular complexity index is 715. The molecular weight excluding hydrogens is 328 g/mol. The fourth-order valence-electron chi connectivity index (χ4n) is 2.85. The van der Waals surface area contributed by atoms with Gasteiger partial charge in [0.25, 0.3) is 0 Å². The molecule has 1 aliphatic rings. The third-order valence-corrected chi connectivity index (χ3v) is 4.50. The zero-order valence-electron chi connectivity index (χ0n) is 14.5. The molecule has 0 aromatic heterocycles. The molecule has 0 atom stereocenters. The minimum absolute atomic E-state index is 0.531. The molecule has 0 spiro atoms. The maximum absolute atomic E-state index is 5.31. The molecule has 3 rings (SSSR count). The van der Waals surface area contributed by atoms with Gasteiger partial charge in [-0.05, 0) is 36.8 Å². The fraction of sp³-hybridized carbons (Fsp3) is 0.300. The Morgan fingerprint density at radius 3 is 2.40 bits per heavy atom. The van der Waals surface area contributed by atoms with Crippen molar-refractivity contribution in [2.75, 3.05) is 18.4 Å². The zero-order chi connectivity index (χ0) is 17.5. The number of likely N-dealkylation sites (tertiary alicyclic amines) is 1. The summed E-state index contributed by atoms with van der Waals surface area (Å²) in [6.07, 6.45) is 1.96. The fourth-order valence-corrected chi connectivity index (χ4v) is 3.01. The van der Waals surface area contributed by atoms with Gasteiger partial charge in [-0.25, -0.2) is 0 Å². The van der Waals surface area contributed by atoms with Crippen LogP contribution in [0, 0.1) is 6.92 Å². The average Bonchev–Trinajstić information content (AvgIpc) is 2.64. The van der Waals surface area contributed by atoms with Crippen molar-refractivity contribution in [2.45, 2.75) is 26.3 Å². The third-order valence-electron chi connectivity index (χ3n) is 4.31. The van der Waals surface area contributed by atoms with E-state index in [1.165, 1.54) is 16.8 Å². The van der Waals surface area contributed by atoms with Gasteiger partial charge in [-0.2, -0.15) is 5.10 Å². The van der Waals surface area contributed by atoms with Crippen LogP contribution in [0.25, 0.3) is 0 Å². The van der Waals surface area contributed by atoms with E-state index >= 15 is 0 Å². The van der Waals surface area contributed by atoms with Gasteiger partial charge in [0.1, 0.15) is 0 Å². The van der Waals surface area contributed by atoms with Gasteiger partial charge < -0.3 is 5.32 Å². The largest absolute Gasteiger partial charge is 0.331 e. The highest BCUT2D eigenvalue weighted by Gasteiger charge is 2.15. The van der Waals surface area contributed by atoms with E-state index in [0.29, 0.717) is 5.11 Å². The van der Waals surface area contributed by atoms with E-state index < -0.39 is 0 Å². The van der Waals surface area contributed by atoms with Gasteiger partial charge in [-0.1, -0.05) is 48.0 Å². The van der Waals surface area contributed by atoms with Crippen molar-refractivity contribution in [3.8, 4) is 0 Å². The monoisotopic (exact) mass is 352 g/mol. The Balaban J connectivity index is 1.43. The summed E-state index contributed by atoms with van der Waals surface area (Å²) in [5.41, 5.74) is 7.71. The van der Waals surface area contributed by atoms with E-state index in [2.05, 4.69) is 70.1 Å². The summed E-state index contributed by atoms with van der Waals surface area (Å²) in [5, 5.41) is 8.16. The standard InChI is InChI=1S/C20H24N4S/c1-16-7-9-18(10-8-16)21-20(25)23-22-19-11-13-24(14-12-19)15-17-5-3-2-4-6-17/h2-10H,11-15H2,1H3,(H2,21,23,25). The van der Waals surface area contributed by atoms with E-state index in [0.717, 1.165) is 38.2 Å². The van der Waals surface area contributed by atoms with Gasteiger partial charge in [0.15, 0.2) is 5.11 Å². The van der Waals surface area contributed by atoms with Gasteiger partial charge in [0.2, 0.25) is 0 Å². The first-order chi connectivity index (χ1) is 12.2. The quantitative estimate of drug-likeness (QED) is 0.646. The predicted molar refractivity (Wildman–Crippen MR) is 109 cm³/mol. The van der Waals surface area contributed by atoms with Gasteiger partial charge in [-0.3, -0.25) is 10.3 Å². The number of benzene rings is 2. The Morgan fingerprint density at radius 2 is 1.72 bits per heavy atom. The van der Waals surface area contributed by atoms with Crippen molar-refractivity contribution in [3.05, 3.63) is 65.7 Å². The number of nitrogens with zero attached hydrogens (tertiary/aromatic N) is 2. The summed E-state index contributed by atoms with van der Waals surface area (Å²) in [7, 11) is 0. The lowest BCUT2D eigenvalue weighted by molar-refractivity contribution is 0.266. The normalized spacial score (nSPS) is 14.8. The Hall–Kier alpha value is -2.24. The minimum Gasteiger partial charge on any atom is -0.331 e. The number of anilines is 1. The van der Waals surface area contributed by atoms with Crippen LogP contribution in [-0.2, 0) is 6.54 Å². The van der Waals surface area contributed by atoms with Crippen LogP contribution in [0.3, 0.4) is 0 Å². The molecule has 25 heavy (non-hydrogen) atoms. The third kappa shape index (κ3) is 5.66. The van der Waals surface area contributed by atoms with E-state index in [9.17, 15) is 0 Å². The molecule has 4 nitrogen and oxygen atoms in total. The van der Waals surface area contributed by atoms with E-state index in [4.69, 9.17) is 12.2 Å². The molecule has 1 heterocycles. The Labute approximate surface area is 154 Å². The maximum Gasteiger partial charge on any atom is 0.191 e. The SMILES string of the molecule is Cc1ccc(NC(=S)NN=C2CCN(Cc3ccccc3)CC2)cc1. The highest BCUT2D eigenvalue weighted by molar-refractivity contribution is 7.80. The molecule has 0 amide bonds. The number of hydrogen-bond donors (Lipinski definition) is 2. The van der Waals surface area contributed by atoms with Crippen molar-refractivity contribution in [2.24, 2.45) is 5.10 Å². The lowest BCUT2D eigenvalue weighted by atomic mass is 10.1. The minimum atomic E-state index is 0.531. The van der Waals surface area contributed by atoms with Crippen LogP contribution in [0.4, 0.5) is 5.69 Å². The smallest absolute Gasteiger partial charge is 0.191 e.